The third-order valence-corrected chi connectivity index (χ3v) is 5.28. The second-order valence-electron chi connectivity index (χ2n) is 6.36. The van der Waals surface area contributed by atoms with Crippen molar-refractivity contribution in [2.75, 3.05) is 5.73 Å². The number of imidazole rings is 1. The molecule has 0 atom stereocenters. The molecule has 1 saturated carbocycles. The van der Waals surface area contributed by atoms with Crippen LogP contribution in [0.2, 0.25) is 5.02 Å². The Bertz CT molecular complexity index is 1070. The van der Waals surface area contributed by atoms with Crippen LogP contribution in [-0.2, 0) is 0 Å². The average molecular weight is 338 g/mol. The second kappa shape index (κ2) is 4.98. The molecule has 24 heavy (non-hydrogen) atoms. The number of aromatic nitrogens is 4. The van der Waals surface area contributed by atoms with Crippen LogP contribution in [0.25, 0.3) is 27.8 Å². The maximum absolute atomic E-state index is 6.31. The van der Waals surface area contributed by atoms with Gasteiger partial charge in [0.15, 0.2) is 0 Å². The Hall–Kier alpha value is -2.53. The van der Waals surface area contributed by atoms with E-state index in [1.165, 1.54) is 19.3 Å². The van der Waals surface area contributed by atoms with Gasteiger partial charge in [-0.3, -0.25) is 4.40 Å². The molecule has 0 spiro atoms. The smallest absolute Gasteiger partial charge is 0.150 e. The van der Waals surface area contributed by atoms with Gasteiger partial charge in [0.25, 0.3) is 0 Å². The SMILES string of the molecule is Nc1nccn2c(C3CCC3)nc(-c3cc4c(Cl)cccc4[nH]3)c12. The van der Waals surface area contributed by atoms with Crippen molar-refractivity contribution < 1.29 is 0 Å². The largest absolute Gasteiger partial charge is 0.382 e. The van der Waals surface area contributed by atoms with Gasteiger partial charge < -0.3 is 10.7 Å². The van der Waals surface area contributed by atoms with E-state index in [0.29, 0.717) is 11.7 Å². The number of anilines is 1. The minimum absolute atomic E-state index is 0.496. The minimum Gasteiger partial charge on any atom is -0.382 e. The van der Waals surface area contributed by atoms with E-state index in [-0.39, 0.29) is 0 Å². The Labute approximate surface area is 143 Å². The van der Waals surface area contributed by atoms with E-state index in [2.05, 4.69) is 14.4 Å². The number of benzene rings is 1. The zero-order valence-electron chi connectivity index (χ0n) is 13.0. The van der Waals surface area contributed by atoms with Gasteiger partial charge in [-0.15, -0.1) is 0 Å². The van der Waals surface area contributed by atoms with Crippen LogP contribution in [0.15, 0.2) is 36.7 Å². The molecule has 120 valence electrons. The summed E-state index contributed by atoms with van der Waals surface area (Å²) in [7, 11) is 0. The quantitative estimate of drug-likeness (QED) is 0.570. The first-order valence-corrected chi connectivity index (χ1v) is 8.50. The van der Waals surface area contributed by atoms with E-state index in [9.17, 15) is 0 Å². The predicted octanol–water partition coefficient (Wildman–Crippen LogP) is 4.38. The molecule has 0 aliphatic heterocycles. The molecule has 4 aromatic rings. The first-order valence-electron chi connectivity index (χ1n) is 8.12. The van der Waals surface area contributed by atoms with E-state index in [0.717, 1.165) is 38.7 Å². The molecule has 1 aromatic carbocycles. The molecule has 3 heterocycles. The number of hydrogen-bond donors (Lipinski definition) is 2. The van der Waals surface area contributed by atoms with Crippen LogP contribution in [0.5, 0.6) is 0 Å². The van der Waals surface area contributed by atoms with Gasteiger partial charge in [0.2, 0.25) is 0 Å². The van der Waals surface area contributed by atoms with E-state index < -0.39 is 0 Å². The molecule has 1 aliphatic carbocycles. The zero-order chi connectivity index (χ0) is 16.3. The van der Waals surface area contributed by atoms with Gasteiger partial charge >= 0.3 is 0 Å². The van der Waals surface area contributed by atoms with Crippen LogP contribution in [0.3, 0.4) is 0 Å². The highest BCUT2D eigenvalue weighted by atomic mass is 35.5. The number of H-pyrrole nitrogens is 1. The fraction of sp³-hybridized carbons (Fsp3) is 0.222. The van der Waals surface area contributed by atoms with E-state index in [1.807, 2.05) is 30.5 Å². The summed E-state index contributed by atoms with van der Waals surface area (Å²) in [4.78, 5) is 12.6. The fourth-order valence-corrected chi connectivity index (χ4v) is 3.70. The van der Waals surface area contributed by atoms with E-state index in [1.54, 1.807) is 6.20 Å². The summed E-state index contributed by atoms with van der Waals surface area (Å²) in [6.45, 7) is 0. The summed E-state index contributed by atoms with van der Waals surface area (Å²) < 4.78 is 2.09. The summed E-state index contributed by atoms with van der Waals surface area (Å²) in [5, 5.41) is 1.71. The number of aromatic amines is 1. The zero-order valence-corrected chi connectivity index (χ0v) is 13.7. The molecule has 0 saturated heterocycles. The number of fused-ring (bicyclic) bond motifs is 2. The summed E-state index contributed by atoms with van der Waals surface area (Å²) >= 11 is 6.31. The highest BCUT2D eigenvalue weighted by Crippen LogP contribution is 2.39. The molecular weight excluding hydrogens is 322 g/mol. The molecule has 6 heteroatoms. The number of nitrogens with two attached hydrogens (primary N) is 1. The third-order valence-electron chi connectivity index (χ3n) is 4.95. The molecule has 3 aromatic heterocycles. The van der Waals surface area contributed by atoms with Crippen molar-refractivity contribution in [3.8, 4) is 11.4 Å². The topological polar surface area (TPSA) is 72.0 Å². The molecule has 5 nitrogen and oxygen atoms in total. The number of hydrogen-bond acceptors (Lipinski definition) is 3. The van der Waals surface area contributed by atoms with Crippen molar-refractivity contribution >= 4 is 33.8 Å². The number of nitrogen functional groups attached to an aromatic ring is 1. The van der Waals surface area contributed by atoms with Gasteiger partial charge in [-0.1, -0.05) is 24.1 Å². The van der Waals surface area contributed by atoms with Gasteiger partial charge in [0.05, 0.1) is 5.69 Å². The summed E-state index contributed by atoms with van der Waals surface area (Å²) in [5.41, 5.74) is 9.79. The highest BCUT2D eigenvalue weighted by molar-refractivity contribution is 6.35. The van der Waals surface area contributed by atoms with Crippen LogP contribution < -0.4 is 5.73 Å². The van der Waals surface area contributed by atoms with Crippen LogP contribution in [0, 0.1) is 0 Å². The molecule has 5 rings (SSSR count). The second-order valence-corrected chi connectivity index (χ2v) is 6.77. The highest BCUT2D eigenvalue weighted by Gasteiger charge is 2.27. The van der Waals surface area contributed by atoms with Crippen LogP contribution >= 0.6 is 11.6 Å². The van der Waals surface area contributed by atoms with Crippen molar-refractivity contribution in [1.82, 2.24) is 19.4 Å². The number of nitrogens with zero attached hydrogens (tertiary/aromatic N) is 3. The predicted molar refractivity (Wildman–Crippen MR) is 96.3 cm³/mol. The standard InChI is InChI=1S/C18H16ClN5/c19-12-5-2-6-13-11(12)9-14(22-13)15-16-17(20)21-7-8-24(16)18(23-15)10-3-1-4-10/h2,5-10,22H,1,3-4H2,(H2,20,21). The van der Waals surface area contributed by atoms with Crippen molar-refractivity contribution in [2.24, 2.45) is 0 Å². The third kappa shape index (κ3) is 1.88. The summed E-state index contributed by atoms with van der Waals surface area (Å²) in [6, 6.07) is 7.88. The van der Waals surface area contributed by atoms with Gasteiger partial charge in [0, 0.05) is 34.2 Å². The molecule has 3 N–H and O–H groups in total. The average Bonchev–Trinajstić information content (AvgIpc) is 3.09. The minimum atomic E-state index is 0.496. The van der Waals surface area contributed by atoms with Gasteiger partial charge in [-0.2, -0.15) is 0 Å². The number of rotatable bonds is 2. The Balaban J connectivity index is 1.80. The van der Waals surface area contributed by atoms with Gasteiger partial charge in [-0.25, -0.2) is 9.97 Å². The summed E-state index contributed by atoms with van der Waals surface area (Å²) in [5.74, 6) is 2.07. The maximum Gasteiger partial charge on any atom is 0.150 e. The molecule has 0 amide bonds. The van der Waals surface area contributed by atoms with Crippen molar-refractivity contribution in [3.63, 3.8) is 0 Å². The lowest BCUT2D eigenvalue weighted by Gasteiger charge is -2.23. The van der Waals surface area contributed by atoms with E-state index in [4.69, 9.17) is 22.3 Å². The first-order chi connectivity index (χ1) is 11.7. The Morgan fingerprint density at radius 2 is 2.17 bits per heavy atom. The lowest BCUT2D eigenvalue weighted by Crippen LogP contribution is -2.12. The maximum atomic E-state index is 6.31. The van der Waals surface area contributed by atoms with Crippen LogP contribution in [0.4, 0.5) is 5.82 Å². The van der Waals surface area contributed by atoms with Gasteiger partial charge in [-0.05, 0) is 31.0 Å². The Kier molecular flexibility index (Phi) is 2.88. The Morgan fingerprint density at radius 1 is 1.29 bits per heavy atom. The van der Waals surface area contributed by atoms with Crippen LogP contribution in [0.1, 0.15) is 31.0 Å². The number of nitrogens with one attached hydrogen (secondary N) is 1. The molecule has 1 fully saturated rings. The molecule has 0 radical (unpaired) electrons. The molecular formula is C18H16ClN5. The number of halogens is 1. The summed E-state index contributed by atoms with van der Waals surface area (Å²) in [6.07, 6.45) is 7.31. The molecule has 0 bridgehead atoms. The first kappa shape index (κ1) is 13.9. The fourth-order valence-electron chi connectivity index (χ4n) is 3.48. The van der Waals surface area contributed by atoms with Crippen molar-refractivity contribution in [1.29, 1.82) is 0 Å². The van der Waals surface area contributed by atoms with Crippen molar-refractivity contribution in [2.45, 2.75) is 25.2 Å². The monoisotopic (exact) mass is 337 g/mol. The lowest BCUT2D eigenvalue weighted by atomic mass is 9.85. The van der Waals surface area contributed by atoms with Gasteiger partial charge in [0.1, 0.15) is 22.9 Å². The molecule has 0 unspecified atom stereocenters. The van der Waals surface area contributed by atoms with Crippen molar-refractivity contribution in [3.05, 3.63) is 47.5 Å². The van der Waals surface area contributed by atoms with E-state index >= 15 is 0 Å². The lowest BCUT2D eigenvalue weighted by molar-refractivity contribution is 0.400. The van der Waals surface area contributed by atoms with Crippen LogP contribution in [-0.4, -0.2) is 19.4 Å². The normalized spacial score (nSPS) is 15.2. The molecule has 1 aliphatic rings. The Morgan fingerprint density at radius 3 is 2.92 bits per heavy atom.